The minimum atomic E-state index is -0.879. The molecule has 1 saturated heterocycles. The first-order valence-corrected chi connectivity index (χ1v) is 9.78. The average molecular weight is 365 g/mol. The number of nitrogens with zero attached hydrogens (tertiary/aromatic N) is 1. The number of halogens is 2. The fraction of sp³-hybridized carbons (Fsp3) is 0.667. The highest BCUT2D eigenvalue weighted by Crippen LogP contribution is 2.29. The van der Waals surface area contributed by atoms with Crippen LogP contribution in [0.1, 0.15) is 82.1 Å². The van der Waals surface area contributed by atoms with E-state index in [1.165, 1.54) is 51.0 Å². The SMILES string of the molecule is CCCCCCCCCCC1COC(c2cc(F)c(C#N)c(F)c2)OC1. The maximum absolute atomic E-state index is 13.7. The van der Waals surface area contributed by atoms with E-state index >= 15 is 0 Å². The van der Waals surface area contributed by atoms with Gasteiger partial charge in [0.2, 0.25) is 0 Å². The van der Waals surface area contributed by atoms with Crippen LogP contribution in [0, 0.1) is 28.9 Å². The topological polar surface area (TPSA) is 42.2 Å². The van der Waals surface area contributed by atoms with E-state index in [0.29, 0.717) is 19.1 Å². The molecule has 0 bridgehead atoms. The van der Waals surface area contributed by atoms with E-state index in [1.54, 1.807) is 0 Å². The molecule has 2 rings (SSSR count). The van der Waals surface area contributed by atoms with Gasteiger partial charge in [0, 0.05) is 11.5 Å². The summed E-state index contributed by atoms with van der Waals surface area (Å²) < 4.78 is 38.7. The summed E-state index contributed by atoms with van der Waals surface area (Å²) in [7, 11) is 0. The second-order valence-corrected chi connectivity index (χ2v) is 7.10. The number of unbranched alkanes of at least 4 members (excludes halogenated alkanes) is 7. The summed E-state index contributed by atoms with van der Waals surface area (Å²) in [6.45, 7) is 3.29. The van der Waals surface area contributed by atoms with Crippen molar-refractivity contribution in [1.29, 1.82) is 5.26 Å². The Balaban J connectivity index is 1.66. The van der Waals surface area contributed by atoms with Gasteiger partial charge in [-0.1, -0.05) is 58.3 Å². The molecule has 0 amide bonds. The number of hydrogen-bond donors (Lipinski definition) is 0. The van der Waals surface area contributed by atoms with E-state index in [1.807, 2.05) is 0 Å². The molecule has 0 aromatic heterocycles. The van der Waals surface area contributed by atoms with Crippen molar-refractivity contribution >= 4 is 0 Å². The molecule has 144 valence electrons. The second-order valence-electron chi connectivity index (χ2n) is 7.10. The summed E-state index contributed by atoms with van der Waals surface area (Å²) in [6.07, 6.45) is 10.6. The van der Waals surface area contributed by atoms with Crippen LogP contribution in [0.15, 0.2) is 12.1 Å². The standard InChI is InChI=1S/C21H29F2NO2/c1-2-3-4-5-6-7-8-9-10-16-14-25-21(26-15-16)17-11-19(22)18(13-24)20(23)12-17/h11-12,16,21H,2-10,14-15H2,1H3. The number of hydrogen-bond acceptors (Lipinski definition) is 3. The quantitative estimate of drug-likeness (QED) is 0.476. The molecule has 3 nitrogen and oxygen atoms in total. The molecule has 0 spiro atoms. The lowest BCUT2D eigenvalue weighted by Crippen LogP contribution is -2.27. The number of benzene rings is 1. The van der Waals surface area contributed by atoms with Gasteiger partial charge >= 0.3 is 0 Å². The van der Waals surface area contributed by atoms with Crippen molar-refractivity contribution in [1.82, 2.24) is 0 Å². The van der Waals surface area contributed by atoms with Gasteiger partial charge in [-0.2, -0.15) is 5.26 Å². The molecule has 0 aliphatic carbocycles. The molecular formula is C21H29F2NO2. The number of nitriles is 1. The Kier molecular flexibility index (Phi) is 9.00. The highest BCUT2D eigenvalue weighted by Gasteiger charge is 2.25. The normalized spacial score (nSPS) is 20.1. The smallest absolute Gasteiger partial charge is 0.184 e. The Morgan fingerprint density at radius 2 is 1.50 bits per heavy atom. The molecule has 1 aromatic rings. The fourth-order valence-electron chi connectivity index (χ4n) is 3.30. The van der Waals surface area contributed by atoms with Gasteiger partial charge in [-0.15, -0.1) is 0 Å². The van der Waals surface area contributed by atoms with Gasteiger partial charge in [-0.25, -0.2) is 8.78 Å². The molecule has 0 radical (unpaired) electrons. The largest absolute Gasteiger partial charge is 0.348 e. The summed E-state index contributed by atoms with van der Waals surface area (Å²) in [5.74, 6) is -1.43. The summed E-state index contributed by atoms with van der Waals surface area (Å²) >= 11 is 0. The van der Waals surface area contributed by atoms with Crippen LogP contribution in [0.3, 0.4) is 0 Å². The Bertz CT molecular complexity index is 569. The lowest BCUT2D eigenvalue weighted by atomic mass is 10.0. The van der Waals surface area contributed by atoms with Gasteiger partial charge in [-0.05, 0) is 18.6 Å². The van der Waals surface area contributed by atoms with Crippen LogP contribution in [0.2, 0.25) is 0 Å². The lowest BCUT2D eigenvalue weighted by Gasteiger charge is -2.29. The van der Waals surface area contributed by atoms with Crippen LogP contribution in [-0.2, 0) is 9.47 Å². The van der Waals surface area contributed by atoms with Gasteiger partial charge in [0.1, 0.15) is 23.3 Å². The van der Waals surface area contributed by atoms with Gasteiger partial charge in [0.25, 0.3) is 0 Å². The predicted octanol–water partition coefficient (Wildman–Crippen LogP) is 6.03. The van der Waals surface area contributed by atoms with E-state index in [9.17, 15) is 8.78 Å². The van der Waals surface area contributed by atoms with Crippen molar-refractivity contribution in [3.05, 3.63) is 34.9 Å². The van der Waals surface area contributed by atoms with Crippen LogP contribution < -0.4 is 0 Å². The zero-order valence-corrected chi connectivity index (χ0v) is 15.6. The molecule has 1 heterocycles. The predicted molar refractivity (Wildman–Crippen MR) is 96.4 cm³/mol. The third kappa shape index (κ3) is 6.34. The zero-order valence-electron chi connectivity index (χ0n) is 15.6. The molecular weight excluding hydrogens is 336 g/mol. The minimum absolute atomic E-state index is 0.282. The number of ether oxygens (including phenoxy) is 2. The van der Waals surface area contributed by atoms with Crippen LogP contribution in [-0.4, -0.2) is 13.2 Å². The first kappa shape index (κ1) is 20.8. The van der Waals surface area contributed by atoms with Gasteiger partial charge in [0.15, 0.2) is 6.29 Å². The minimum Gasteiger partial charge on any atom is -0.348 e. The Morgan fingerprint density at radius 3 is 2.04 bits per heavy atom. The van der Waals surface area contributed by atoms with Crippen molar-refractivity contribution < 1.29 is 18.3 Å². The Hall–Kier alpha value is -1.51. The molecule has 1 aliphatic rings. The van der Waals surface area contributed by atoms with Crippen molar-refractivity contribution in [2.75, 3.05) is 13.2 Å². The first-order valence-electron chi connectivity index (χ1n) is 9.78. The molecule has 0 atom stereocenters. The van der Waals surface area contributed by atoms with Crippen molar-refractivity contribution in [3.63, 3.8) is 0 Å². The Labute approximate surface area is 155 Å². The third-order valence-corrected chi connectivity index (χ3v) is 4.88. The average Bonchev–Trinajstić information content (AvgIpc) is 2.64. The maximum Gasteiger partial charge on any atom is 0.184 e. The summed E-state index contributed by atoms with van der Waals surface area (Å²) in [5, 5.41) is 8.72. The van der Waals surface area contributed by atoms with E-state index in [4.69, 9.17) is 14.7 Å². The van der Waals surface area contributed by atoms with Gasteiger partial charge < -0.3 is 9.47 Å². The van der Waals surface area contributed by atoms with Gasteiger partial charge in [0.05, 0.1) is 13.2 Å². The highest BCUT2D eigenvalue weighted by molar-refractivity contribution is 5.35. The third-order valence-electron chi connectivity index (χ3n) is 4.88. The van der Waals surface area contributed by atoms with Crippen LogP contribution in [0.4, 0.5) is 8.78 Å². The second kappa shape index (κ2) is 11.3. The molecule has 26 heavy (non-hydrogen) atoms. The molecule has 0 N–H and O–H groups in total. The van der Waals surface area contributed by atoms with Gasteiger partial charge in [-0.3, -0.25) is 0 Å². The van der Waals surface area contributed by atoms with Crippen molar-refractivity contribution in [2.24, 2.45) is 5.92 Å². The van der Waals surface area contributed by atoms with Crippen molar-refractivity contribution in [2.45, 2.75) is 71.0 Å². The Morgan fingerprint density at radius 1 is 0.962 bits per heavy atom. The maximum atomic E-state index is 13.7. The highest BCUT2D eigenvalue weighted by atomic mass is 19.1. The van der Waals surface area contributed by atoms with Crippen LogP contribution in [0.25, 0.3) is 0 Å². The monoisotopic (exact) mass is 365 g/mol. The first-order chi connectivity index (χ1) is 12.7. The zero-order chi connectivity index (χ0) is 18.8. The molecule has 5 heteroatoms. The molecule has 1 aromatic carbocycles. The van der Waals surface area contributed by atoms with E-state index < -0.39 is 23.5 Å². The van der Waals surface area contributed by atoms with E-state index in [0.717, 1.165) is 25.0 Å². The molecule has 1 aliphatic heterocycles. The van der Waals surface area contributed by atoms with Crippen LogP contribution in [0.5, 0.6) is 0 Å². The lowest BCUT2D eigenvalue weighted by molar-refractivity contribution is -0.206. The summed E-state index contributed by atoms with van der Waals surface area (Å²) in [5.41, 5.74) is -0.290. The molecule has 0 unspecified atom stereocenters. The number of rotatable bonds is 10. The van der Waals surface area contributed by atoms with E-state index in [-0.39, 0.29) is 5.56 Å². The fourth-order valence-corrected chi connectivity index (χ4v) is 3.30. The van der Waals surface area contributed by atoms with Crippen LogP contribution >= 0.6 is 0 Å². The molecule has 1 fully saturated rings. The molecule has 0 saturated carbocycles. The summed E-state index contributed by atoms with van der Waals surface area (Å²) in [6, 6.07) is 3.75. The van der Waals surface area contributed by atoms with E-state index in [2.05, 4.69) is 6.92 Å². The van der Waals surface area contributed by atoms with Crippen molar-refractivity contribution in [3.8, 4) is 6.07 Å². The summed E-state index contributed by atoms with van der Waals surface area (Å²) in [4.78, 5) is 0.